The summed E-state index contributed by atoms with van der Waals surface area (Å²) in [7, 11) is 0. The van der Waals surface area contributed by atoms with Crippen molar-refractivity contribution in [2.24, 2.45) is 0 Å². The molecular formula is C22H28FN2O+. The number of carbonyl (C=O) groups excluding carboxylic acids is 1. The van der Waals surface area contributed by atoms with Crippen molar-refractivity contribution in [2.75, 3.05) is 13.1 Å². The Morgan fingerprint density at radius 1 is 0.885 bits per heavy atom. The lowest BCUT2D eigenvalue weighted by Gasteiger charge is -2.23. The second-order valence-corrected chi connectivity index (χ2v) is 7.21. The maximum Gasteiger partial charge on any atom is 0.220 e. The van der Waals surface area contributed by atoms with Gasteiger partial charge in [0.05, 0.1) is 13.1 Å². The Kier molecular flexibility index (Phi) is 6.78. The summed E-state index contributed by atoms with van der Waals surface area (Å²) in [4.78, 5) is 13.7. The highest BCUT2D eigenvalue weighted by Gasteiger charge is 2.13. The molecule has 0 bridgehead atoms. The van der Waals surface area contributed by atoms with Crippen molar-refractivity contribution in [1.29, 1.82) is 0 Å². The van der Waals surface area contributed by atoms with E-state index in [-0.39, 0.29) is 11.7 Å². The molecule has 138 valence electrons. The summed E-state index contributed by atoms with van der Waals surface area (Å²) in [6, 6.07) is 14.9. The second-order valence-electron chi connectivity index (χ2n) is 7.21. The Hall–Kier alpha value is -2.20. The van der Waals surface area contributed by atoms with E-state index >= 15 is 0 Å². The van der Waals surface area contributed by atoms with Crippen molar-refractivity contribution in [2.45, 2.75) is 45.2 Å². The third kappa shape index (κ3) is 5.95. The largest absolute Gasteiger partial charge is 0.352 e. The number of amides is 1. The van der Waals surface area contributed by atoms with Crippen LogP contribution in [0.4, 0.5) is 4.39 Å². The predicted octanol–water partition coefficient (Wildman–Crippen LogP) is 2.64. The molecule has 0 unspecified atom stereocenters. The zero-order valence-electron chi connectivity index (χ0n) is 15.3. The van der Waals surface area contributed by atoms with Gasteiger partial charge in [-0.05, 0) is 48.9 Å². The number of hydrogen-bond donors (Lipinski definition) is 2. The van der Waals surface area contributed by atoms with Gasteiger partial charge >= 0.3 is 0 Å². The molecule has 2 aromatic carbocycles. The lowest BCUT2D eigenvalue weighted by Crippen LogP contribution is -3.11. The van der Waals surface area contributed by atoms with E-state index in [1.54, 1.807) is 17.0 Å². The maximum absolute atomic E-state index is 12.9. The molecule has 1 fully saturated rings. The lowest BCUT2D eigenvalue weighted by molar-refractivity contribution is -0.918. The van der Waals surface area contributed by atoms with Gasteiger partial charge in [0, 0.05) is 18.5 Å². The summed E-state index contributed by atoms with van der Waals surface area (Å²) in [6.07, 6.45) is 5.11. The van der Waals surface area contributed by atoms with Crippen LogP contribution >= 0.6 is 0 Å². The molecule has 0 atom stereocenters. The van der Waals surface area contributed by atoms with E-state index in [9.17, 15) is 9.18 Å². The van der Waals surface area contributed by atoms with Crippen LogP contribution in [0.5, 0.6) is 0 Å². The fourth-order valence-corrected chi connectivity index (χ4v) is 3.49. The van der Waals surface area contributed by atoms with E-state index in [4.69, 9.17) is 0 Å². The number of halogens is 1. The average molecular weight is 355 g/mol. The van der Waals surface area contributed by atoms with Crippen LogP contribution in [0.25, 0.3) is 0 Å². The van der Waals surface area contributed by atoms with Gasteiger partial charge in [-0.3, -0.25) is 4.79 Å². The number of quaternary nitrogens is 1. The molecule has 2 N–H and O–H groups in total. The van der Waals surface area contributed by atoms with Gasteiger partial charge in [0.25, 0.3) is 0 Å². The first-order valence-corrected chi connectivity index (χ1v) is 9.61. The van der Waals surface area contributed by atoms with Gasteiger partial charge in [-0.2, -0.15) is 0 Å². The Labute approximate surface area is 155 Å². The zero-order chi connectivity index (χ0) is 18.2. The summed E-state index contributed by atoms with van der Waals surface area (Å²) in [6.45, 7) is 4.22. The molecule has 1 heterocycles. The Morgan fingerprint density at radius 3 is 2.19 bits per heavy atom. The van der Waals surface area contributed by atoms with Gasteiger partial charge in [-0.15, -0.1) is 0 Å². The van der Waals surface area contributed by atoms with Crippen LogP contribution in [-0.2, 0) is 24.3 Å². The first kappa shape index (κ1) is 18.6. The van der Waals surface area contributed by atoms with Crippen LogP contribution in [0.2, 0.25) is 0 Å². The fraction of sp³-hybridized carbons (Fsp3) is 0.409. The van der Waals surface area contributed by atoms with Crippen LogP contribution in [0.3, 0.4) is 0 Å². The number of aryl methyl sites for hydroxylation is 1. The third-order valence-corrected chi connectivity index (χ3v) is 5.08. The third-order valence-electron chi connectivity index (χ3n) is 5.08. The summed E-state index contributed by atoms with van der Waals surface area (Å²) in [5.74, 6) is -0.223. The Balaban J connectivity index is 1.39. The van der Waals surface area contributed by atoms with E-state index in [2.05, 4.69) is 29.6 Å². The molecule has 1 saturated heterocycles. The molecule has 1 aliphatic heterocycles. The minimum absolute atomic E-state index is 0.0242. The predicted molar refractivity (Wildman–Crippen MR) is 101 cm³/mol. The zero-order valence-corrected chi connectivity index (χ0v) is 15.3. The summed E-state index contributed by atoms with van der Waals surface area (Å²) in [5.41, 5.74) is 3.47. The van der Waals surface area contributed by atoms with Gasteiger partial charge in [0.1, 0.15) is 12.4 Å². The molecule has 0 saturated carbocycles. The van der Waals surface area contributed by atoms with Crippen LogP contribution < -0.4 is 10.2 Å². The minimum Gasteiger partial charge on any atom is -0.352 e. The van der Waals surface area contributed by atoms with Gasteiger partial charge in [0.2, 0.25) is 5.91 Å². The van der Waals surface area contributed by atoms with Gasteiger partial charge < -0.3 is 10.2 Å². The smallest absolute Gasteiger partial charge is 0.220 e. The molecule has 3 nitrogen and oxygen atoms in total. The van der Waals surface area contributed by atoms with Gasteiger partial charge in [0.15, 0.2) is 0 Å². The van der Waals surface area contributed by atoms with Crippen molar-refractivity contribution in [3.05, 3.63) is 71.0 Å². The van der Waals surface area contributed by atoms with E-state index in [1.165, 1.54) is 50.0 Å². The molecule has 26 heavy (non-hydrogen) atoms. The summed E-state index contributed by atoms with van der Waals surface area (Å²) in [5, 5.41) is 2.96. The van der Waals surface area contributed by atoms with E-state index in [1.807, 2.05) is 0 Å². The topological polar surface area (TPSA) is 33.5 Å². The maximum atomic E-state index is 12.9. The van der Waals surface area contributed by atoms with Crippen molar-refractivity contribution >= 4 is 5.91 Å². The average Bonchev–Trinajstić information content (AvgIpc) is 2.68. The van der Waals surface area contributed by atoms with Crippen LogP contribution in [0, 0.1) is 5.82 Å². The molecule has 0 radical (unpaired) electrons. The number of likely N-dealkylation sites (tertiary alicyclic amines) is 1. The van der Waals surface area contributed by atoms with Crippen molar-refractivity contribution in [3.63, 3.8) is 0 Å². The quantitative estimate of drug-likeness (QED) is 0.787. The van der Waals surface area contributed by atoms with Crippen molar-refractivity contribution < 1.29 is 14.1 Å². The van der Waals surface area contributed by atoms with Gasteiger partial charge in [-0.1, -0.05) is 36.4 Å². The summed E-state index contributed by atoms with van der Waals surface area (Å²) >= 11 is 0. The molecule has 1 aliphatic rings. The molecule has 0 spiro atoms. The van der Waals surface area contributed by atoms with Crippen LogP contribution in [0.15, 0.2) is 48.5 Å². The Bertz CT molecular complexity index is 691. The number of benzene rings is 2. The van der Waals surface area contributed by atoms with Crippen LogP contribution in [0.1, 0.15) is 42.4 Å². The first-order valence-electron chi connectivity index (χ1n) is 9.61. The highest BCUT2D eigenvalue weighted by Crippen LogP contribution is 2.07. The molecule has 3 rings (SSSR count). The van der Waals surface area contributed by atoms with E-state index < -0.39 is 0 Å². The molecule has 0 aliphatic carbocycles. The number of piperidine rings is 1. The van der Waals surface area contributed by atoms with Crippen molar-refractivity contribution in [3.8, 4) is 0 Å². The fourth-order valence-electron chi connectivity index (χ4n) is 3.49. The molecule has 1 amide bonds. The summed E-state index contributed by atoms with van der Waals surface area (Å²) < 4.78 is 12.9. The van der Waals surface area contributed by atoms with Gasteiger partial charge in [-0.25, -0.2) is 4.39 Å². The van der Waals surface area contributed by atoms with Crippen LogP contribution in [-0.4, -0.2) is 19.0 Å². The number of nitrogens with one attached hydrogen (secondary N) is 2. The standard InChI is InChI=1S/C22H27FN2O/c23-21-11-8-18(9-12-21)10-13-22(26)24-16-19-4-6-20(7-5-19)17-25-14-2-1-3-15-25/h4-9,11-12H,1-3,10,13-17H2,(H,24,26)/p+1. The monoisotopic (exact) mass is 355 g/mol. The SMILES string of the molecule is O=C(CCc1ccc(F)cc1)NCc1ccc(C[NH+]2CCCCC2)cc1. The molecule has 4 heteroatoms. The van der Waals surface area contributed by atoms with E-state index in [0.29, 0.717) is 19.4 Å². The normalized spacial score (nSPS) is 15.0. The minimum atomic E-state index is -0.247. The lowest BCUT2D eigenvalue weighted by atomic mass is 10.1. The number of carbonyl (C=O) groups is 1. The van der Waals surface area contributed by atoms with E-state index in [0.717, 1.165) is 17.7 Å². The molecular weight excluding hydrogens is 327 g/mol. The second kappa shape index (κ2) is 9.48. The van der Waals surface area contributed by atoms with Crippen molar-refractivity contribution in [1.82, 2.24) is 5.32 Å². The first-order chi connectivity index (χ1) is 12.7. The Morgan fingerprint density at radius 2 is 1.50 bits per heavy atom. The number of rotatable bonds is 7. The number of hydrogen-bond acceptors (Lipinski definition) is 1. The highest BCUT2D eigenvalue weighted by molar-refractivity contribution is 5.76. The highest BCUT2D eigenvalue weighted by atomic mass is 19.1. The molecule has 2 aromatic rings. The molecule has 0 aromatic heterocycles.